The Morgan fingerprint density at radius 3 is 2.78 bits per heavy atom. The van der Waals surface area contributed by atoms with Gasteiger partial charge in [-0.05, 0) is 31.0 Å². The van der Waals surface area contributed by atoms with Crippen LogP contribution >= 0.6 is 0 Å². The number of methoxy groups -OCH3 is 1. The molecule has 3 heterocycles. The van der Waals surface area contributed by atoms with Crippen molar-refractivity contribution >= 4 is 28.6 Å². The first-order valence-corrected chi connectivity index (χ1v) is 9.27. The van der Waals surface area contributed by atoms with Crippen LogP contribution in [0.3, 0.4) is 0 Å². The Kier molecular flexibility index (Phi) is 4.84. The lowest BCUT2D eigenvalue weighted by atomic mass is 10.2. The van der Waals surface area contributed by atoms with Crippen LogP contribution in [0, 0.1) is 11.3 Å². The predicted molar refractivity (Wildman–Crippen MR) is 106 cm³/mol. The second kappa shape index (κ2) is 7.58. The Bertz CT molecular complexity index is 1000. The number of imidazole rings is 1. The lowest BCUT2D eigenvalue weighted by Crippen LogP contribution is -2.23. The summed E-state index contributed by atoms with van der Waals surface area (Å²) in [6, 6.07) is 11.7. The van der Waals surface area contributed by atoms with Crippen LogP contribution < -0.4 is 9.64 Å². The van der Waals surface area contributed by atoms with Crippen LogP contribution in [0.4, 0.5) is 5.88 Å². The number of ether oxygens (including phenoxy) is 1. The largest absolute Gasteiger partial charge is 0.497 e. The highest BCUT2D eigenvalue weighted by molar-refractivity contribution is 5.89. The van der Waals surface area contributed by atoms with Gasteiger partial charge in [0, 0.05) is 31.3 Å². The number of fused-ring (bicyclic) bond motifs is 1. The molecule has 0 bridgehead atoms. The lowest BCUT2D eigenvalue weighted by molar-refractivity contribution is 0.415. The van der Waals surface area contributed by atoms with Gasteiger partial charge in [0.15, 0.2) is 5.88 Å². The van der Waals surface area contributed by atoms with E-state index in [1.165, 1.54) is 25.7 Å². The molecule has 0 radical (unpaired) electrons. The molecule has 1 aromatic carbocycles. The van der Waals surface area contributed by atoms with E-state index in [1.807, 2.05) is 30.3 Å². The van der Waals surface area contributed by atoms with Gasteiger partial charge in [0.2, 0.25) is 0 Å². The highest BCUT2D eigenvalue weighted by Gasteiger charge is 2.14. The molecule has 1 saturated heterocycles. The third kappa shape index (κ3) is 3.68. The summed E-state index contributed by atoms with van der Waals surface area (Å²) in [6.45, 7) is 2.04. The minimum Gasteiger partial charge on any atom is -0.497 e. The second-order valence-corrected chi connectivity index (χ2v) is 6.72. The molecule has 1 fully saturated rings. The number of aromatic amines is 1. The van der Waals surface area contributed by atoms with Gasteiger partial charge in [-0.25, -0.2) is 4.98 Å². The summed E-state index contributed by atoms with van der Waals surface area (Å²) in [7, 11) is 1.62. The van der Waals surface area contributed by atoms with E-state index in [0.29, 0.717) is 17.2 Å². The summed E-state index contributed by atoms with van der Waals surface area (Å²) >= 11 is 0. The molecule has 6 nitrogen and oxygen atoms in total. The fourth-order valence-electron chi connectivity index (χ4n) is 3.42. The smallest absolute Gasteiger partial charge is 0.196 e. The van der Waals surface area contributed by atoms with Crippen molar-refractivity contribution in [1.29, 1.82) is 5.26 Å². The molecule has 1 aliphatic heterocycles. The Hall–Kier alpha value is -3.20. The van der Waals surface area contributed by atoms with Gasteiger partial charge in [-0.3, -0.25) is 0 Å². The normalized spacial score (nSPS) is 15.6. The van der Waals surface area contributed by atoms with Crippen LogP contribution in [0.5, 0.6) is 5.75 Å². The molecule has 138 valence electrons. The standard InChI is InChI=1S/C21H22N4O2/c1-26-16-6-8-18-19(13-16)24-21(23-18)15(14-22)12-17-7-9-20(27-17)25-10-4-2-3-5-11-25/h6-9,12-13H,2-5,10-11H2,1H3,(H,23,24)/b15-12-. The molecular weight excluding hydrogens is 340 g/mol. The van der Waals surface area contributed by atoms with Crippen molar-refractivity contribution in [3.63, 3.8) is 0 Å². The molecule has 2 aromatic heterocycles. The highest BCUT2D eigenvalue weighted by Crippen LogP contribution is 2.26. The molecule has 0 aliphatic carbocycles. The first-order valence-electron chi connectivity index (χ1n) is 9.27. The number of H-pyrrole nitrogens is 1. The average molecular weight is 362 g/mol. The highest BCUT2D eigenvalue weighted by atomic mass is 16.5. The average Bonchev–Trinajstić information content (AvgIpc) is 3.24. The molecule has 0 amide bonds. The molecule has 4 rings (SSSR count). The maximum absolute atomic E-state index is 9.60. The van der Waals surface area contributed by atoms with E-state index in [-0.39, 0.29) is 0 Å². The molecular formula is C21H22N4O2. The fraction of sp³-hybridized carbons (Fsp3) is 0.333. The monoisotopic (exact) mass is 362 g/mol. The molecule has 1 aliphatic rings. The van der Waals surface area contributed by atoms with Gasteiger partial charge >= 0.3 is 0 Å². The van der Waals surface area contributed by atoms with Gasteiger partial charge in [0.1, 0.15) is 23.4 Å². The number of aromatic nitrogens is 2. The summed E-state index contributed by atoms with van der Waals surface area (Å²) in [5.41, 5.74) is 2.05. The van der Waals surface area contributed by atoms with E-state index >= 15 is 0 Å². The first kappa shape index (κ1) is 17.2. The van der Waals surface area contributed by atoms with Crippen LogP contribution in [0.15, 0.2) is 34.7 Å². The molecule has 1 N–H and O–H groups in total. The number of rotatable bonds is 4. The number of hydrogen-bond donors (Lipinski definition) is 1. The number of anilines is 1. The number of nitriles is 1. The van der Waals surface area contributed by atoms with E-state index < -0.39 is 0 Å². The molecule has 27 heavy (non-hydrogen) atoms. The Morgan fingerprint density at radius 1 is 1.22 bits per heavy atom. The van der Waals surface area contributed by atoms with Gasteiger partial charge in [-0.15, -0.1) is 0 Å². The molecule has 0 atom stereocenters. The van der Waals surface area contributed by atoms with Crippen LogP contribution in [0.25, 0.3) is 22.7 Å². The molecule has 6 heteroatoms. The van der Waals surface area contributed by atoms with Crippen molar-refractivity contribution < 1.29 is 9.15 Å². The maximum Gasteiger partial charge on any atom is 0.196 e. The molecule has 3 aromatic rings. The van der Waals surface area contributed by atoms with Crippen LogP contribution in [-0.2, 0) is 0 Å². The van der Waals surface area contributed by atoms with Crippen molar-refractivity contribution in [3.05, 3.63) is 41.9 Å². The Morgan fingerprint density at radius 2 is 2.04 bits per heavy atom. The van der Waals surface area contributed by atoms with E-state index in [1.54, 1.807) is 13.2 Å². The van der Waals surface area contributed by atoms with Crippen molar-refractivity contribution in [3.8, 4) is 11.8 Å². The van der Waals surface area contributed by atoms with E-state index in [0.717, 1.165) is 35.8 Å². The number of benzene rings is 1. The molecule has 0 spiro atoms. The number of furan rings is 1. The molecule has 0 unspecified atom stereocenters. The van der Waals surface area contributed by atoms with E-state index in [4.69, 9.17) is 9.15 Å². The number of hydrogen-bond acceptors (Lipinski definition) is 5. The quantitative estimate of drug-likeness (QED) is 0.686. The maximum atomic E-state index is 9.60. The minimum atomic E-state index is 0.432. The summed E-state index contributed by atoms with van der Waals surface area (Å²) in [5.74, 6) is 2.79. The number of nitrogens with zero attached hydrogens (tertiary/aromatic N) is 3. The third-order valence-electron chi connectivity index (χ3n) is 4.88. The van der Waals surface area contributed by atoms with Crippen molar-refractivity contribution in [2.75, 3.05) is 25.1 Å². The molecule has 0 saturated carbocycles. The van der Waals surface area contributed by atoms with Crippen LogP contribution in [-0.4, -0.2) is 30.2 Å². The van der Waals surface area contributed by atoms with Gasteiger partial charge in [0.25, 0.3) is 0 Å². The van der Waals surface area contributed by atoms with Crippen molar-refractivity contribution in [2.45, 2.75) is 25.7 Å². The fourth-order valence-corrected chi connectivity index (χ4v) is 3.42. The predicted octanol–water partition coefficient (Wildman–Crippen LogP) is 4.61. The number of nitrogens with one attached hydrogen (secondary N) is 1. The lowest BCUT2D eigenvalue weighted by Gasteiger charge is -2.18. The van der Waals surface area contributed by atoms with Gasteiger partial charge in [-0.1, -0.05) is 12.8 Å². The van der Waals surface area contributed by atoms with Crippen LogP contribution in [0.2, 0.25) is 0 Å². The summed E-state index contributed by atoms with van der Waals surface area (Å²) in [6.07, 6.45) is 6.67. The van der Waals surface area contributed by atoms with Gasteiger partial charge < -0.3 is 19.0 Å². The first-order chi connectivity index (χ1) is 13.3. The summed E-state index contributed by atoms with van der Waals surface area (Å²) in [4.78, 5) is 9.98. The topological polar surface area (TPSA) is 78.1 Å². The number of allylic oxidation sites excluding steroid dienone is 1. The Balaban J connectivity index is 1.61. The van der Waals surface area contributed by atoms with E-state index in [2.05, 4.69) is 20.9 Å². The third-order valence-corrected chi connectivity index (χ3v) is 4.88. The summed E-state index contributed by atoms with van der Waals surface area (Å²) < 4.78 is 11.2. The zero-order valence-corrected chi connectivity index (χ0v) is 15.4. The second-order valence-electron chi connectivity index (χ2n) is 6.72. The van der Waals surface area contributed by atoms with Gasteiger partial charge in [0.05, 0.1) is 23.7 Å². The van der Waals surface area contributed by atoms with E-state index in [9.17, 15) is 5.26 Å². The van der Waals surface area contributed by atoms with Crippen LogP contribution in [0.1, 0.15) is 37.3 Å². The Labute approximate surface area is 158 Å². The zero-order valence-electron chi connectivity index (χ0n) is 15.4. The summed E-state index contributed by atoms with van der Waals surface area (Å²) in [5, 5.41) is 9.60. The van der Waals surface area contributed by atoms with Crippen molar-refractivity contribution in [1.82, 2.24) is 9.97 Å². The SMILES string of the molecule is COc1ccc2nc(/C(C#N)=C\c3ccc(N4CCCCCC4)o3)[nH]c2c1. The zero-order chi connectivity index (χ0) is 18.6. The van der Waals surface area contributed by atoms with Crippen molar-refractivity contribution in [2.24, 2.45) is 0 Å². The minimum absolute atomic E-state index is 0.432. The van der Waals surface area contributed by atoms with Gasteiger partial charge in [-0.2, -0.15) is 5.26 Å².